The van der Waals surface area contributed by atoms with E-state index in [9.17, 15) is 8.42 Å². The monoisotopic (exact) mass is 409 g/mol. The van der Waals surface area contributed by atoms with Gasteiger partial charge in [-0.3, -0.25) is 0 Å². The molecular formula is C21H19N3O4S. The fourth-order valence-electron chi connectivity index (χ4n) is 2.91. The Morgan fingerprint density at radius 2 is 1.62 bits per heavy atom. The van der Waals surface area contributed by atoms with Crippen molar-refractivity contribution in [1.82, 2.24) is 10.1 Å². The van der Waals surface area contributed by atoms with Crippen LogP contribution in [-0.4, -0.2) is 18.6 Å². The summed E-state index contributed by atoms with van der Waals surface area (Å²) in [5, 5.41) is 3.80. The van der Waals surface area contributed by atoms with E-state index in [2.05, 4.69) is 14.9 Å². The quantitative estimate of drug-likeness (QED) is 0.512. The minimum Gasteiger partial charge on any atom is -0.444 e. The molecule has 0 saturated heterocycles. The molecule has 2 aromatic heterocycles. The fourth-order valence-corrected chi connectivity index (χ4v) is 4.18. The van der Waals surface area contributed by atoms with Crippen molar-refractivity contribution in [2.45, 2.75) is 25.7 Å². The molecule has 0 aliphatic rings. The van der Waals surface area contributed by atoms with E-state index >= 15 is 0 Å². The van der Waals surface area contributed by atoms with E-state index in [-0.39, 0.29) is 10.8 Å². The molecule has 4 rings (SSSR count). The molecule has 4 aromatic rings. The first-order valence-electron chi connectivity index (χ1n) is 8.93. The Morgan fingerprint density at radius 3 is 2.24 bits per heavy atom. The number of rotatable bonds is 5. The summed E-state index contributed by atoms with van der Waals surface area (Å²) in [5.74, 6) is 0.639. The summed E-state index contributed by atoms with van der Waals surface area (Å²) in [5.41, 5.74) is 4.22. The van der Waals surface area contributed by atoms with Crippen LogP contribution in [0.2, 0.25) is 0 Å². The zero-order valence-corrected chi connectivity index (χ0v) is 16.9. The number of hydrogen-bond donors (Lipinski definition) is 1. The van der Waals surface area contributed by atoms with E-state index in [1.54, 1.807) is 44.4 Å². The zero-order chi connectivity index (χ0) is 20.6. The molecule has 1 N–H and O–H groups in total. The van der Waals surface area contributed by atoms with Crippen LogP contribution in [-0.2, 0) is 10.0 Å². The van der Waals surface area contributed by atoms with Gasteiger partial charge < -0.3 is 8.94 Å². The predicted molar refractivity (Wildman–Crippen MR) is 109 cm³/mol. The van der Waals surface area contributed by atoms with E-state index in [4.69, 9.17) is 8.94 Å². The van der Waals surface area contributed by atoms with Gasteiger partial charge in [0.15, 0.2) is 0 Å². The Hall–Kier alpha value is -3.39. The molecular weight excluding hydrogens is 390 g/mol. The van der Waals surface area contributed by atoms with Crippen LogP contribution in [0.3, 0.4) is 0 Å². The highest BCUT2D eigenvalue weighted by Gasteiger charge is 2.22. The summed E-state index contributed by atoms with van der Waals surface area (Å²) in [6.07, 6.45) is 1.59. The van der Waals surface area contributed by atoms with Gasteiger partial charge in [-0.05, 0) is 44.5 Å². The van der Waals surface area contributed by atoms with E-state index in [0.29, 0.717) is 22.7 Å². The SMILES string of the molecule is Cc1coc(-c2ccc(-c3ccccc3S(=O)(=O)Nc3onc(C)c3C)cc2)n1. The Morgan fingerprint density at radius 1 is 0.931 bits per heavy atom. The third-order valence-corrected chi connectivity index (χ3v) is 6.01. The van der Waals surface area contributed by atoms with Crippen LogP contribution in [0, 0.1) is 20.8 Å². The lowest BCUT2D eigenvalue weighted by Gasteiger charge is -2.11. The molecule has 148 valence electrons. The summed E-state index contributed by atoms with van der Waals surface area (Å²) in [6, 6.07) is 14.2. The first-order chi connectivity index (χ1) is 13.8. The summed E-state index contributed by atoms with van der Waals surface area (Å²) in [4.78, 5) is 4.45. The molecule has 8 heteroatoms. The number of hydrogen-bond acceptors (Lipinski definition) is 6. The minimum atomic E-state index is -3.87. The number of anilines is 1. The van der Waals surface area contributed by atoms with Crippen LogP contribution in [0.5, 0.6) is 0 Å². The average molecular weight is 409 g/mol. The van der Waals surface area contributed by atoms with E-state index in [1.165, 1.54) is 0 Å². The van der Waals surface area contributed by atoms with Crippen molar-refractivity contribution in [2.75, 3.05) is 4.72 Å². The van der Waals surface area contributed by atoms with E-state index in [1.807, 2.05) is 31.2 Å². The minimum absolute atomic E-state index is 0.118. The summed E-state index contributed by atoms with van der Waals surface area (Å²) < 4.78 is 39.1. The number of benzene rings is 2. The Balaban J connectivity index is 1.70. The second-order valence-corrected chi connectivity index (χ2v) is 8.35. The van der Waals surface area contributed by atoms with E-state index in [0.717, 1.165) is 16.8 Å². The maximum absolute atomic E-state index is 13.0. The molecule has 0 aliphatic heterocycles. The lowest BCUT2D eigenvalue weighted by Crippen LogP contribution is -2.14. The summed E-state index contributed by atoms with van der Waals surface area (Å²) in [7, 11) is -3.87. The second-order valence-electron chi connectivity index (χ2n) is 6.70. The normalized spacial score (nSPS) is 11.6. The standard InChI is InChI=1S/C21H19N3O4S/c1-13-12-27-21(22-13)17-10-8-16(9-11-17)18-6-4-5-7-19(18)29(25,26)24-20-14(2)15(3)23-28-20/h4-12,24H,1-3H3. The molecule has 0 amide bonds. The molecule has 0 bridgehead atoms. The molecule has 2 aromatic carbocycles. The number of nitrogens with zero attached hydrogens (tertiary/aromatic N) is 2. The smallest absolute Gasteiger partial charge is 0.264 e. The largest absolute Gasteiger partial charge is 0.444 e. The van der Waals surface area contributed by atoms with Crippen molar-refractivity contribution < 1.29 is 17.4 Å². The topological polar surface area (TPSA) is 98.2 Å². The van der Waals surface area contributed by atoms with Crippen LogP contribution in [0.15, 0.2) is 68.6 Å². The van der Waals surface area contributed by atoms with Crippen molar-refractivity contribution >= 4 is 15.9 Å². The summed E-state index contributed by atoms with van der Waals surface area (Å²) >= 11 is 0. The van der Waals surface area contributed by atoms with Crippen molar-refractivity contribution in [3.05, 3.63) is 71.7 Å². The molecule has 0 radical (unpaired) electrons. The van der Waals surface area contributed by atoms with Crippen LogP contribution in [0.1, 0.15) is 17.0 Å². The van der Waals surface area contributed by atoms with Crippen LogP contribution < -0.4 is 4.72 Å². The second kappa shape index (κ2) is 7.21. The Bertz CT molecular complexity index is 1270. The third kappa shape index (κ3) is 3.66. The van der Waals surface area contributed by atoms with Crippen molar-refractivity contribution in [3.8, 4) is 22.6 Å². The first kappa shape index (κ1) is 18.9. The molecule has 2 heterocycles. The maximum atomic E-state index is 13.0. The Kier molecular flexibility index (Phi) is 4.71. The van der Waals surface area contributed by atoms with Gasteiger partial charge in [-0.25, -0.2) is 18.1 Å². The van der Waals surface area contributed by atoms with Gasteiger partial charge >= 0.3 is 0 Å². The average Bonchev–Trinajstić information content (AvgIpc) is 3.29. The van der Waals surface area contributed by atoms with Gasteiger partial charge in [0, 0.05) is 16.7 Å². The molecule has 0 aliphatic carbocycles. The zero-order valence-electron chi connectivity index (χ0n) is 16.1. The van der Waals surface area contributed by atoms with Gasteiger partial charge in [-0.1, -0.05) is 35.5 Å². The highest BCUT2D eigenvalue weighted by atomic mass is 32.2. The number of aromatic nitrogens is 2. The van der Waals surface area contributed by atoms with Gasteiger partial charge in [0.25, 0.3) is 10.0 Å². The van der Waals surface area contributed by atoms with Gasteiger partial charge in [-0.15, -0.1) is 0 Å². The molecule has 0 fully saturated rings. The lowest BCUT2D eigenvalue weighted by atomic mass is 10.0. The number of oxazole rings is 1. The molecule has 7 nitrogen and oxygen atoms in total. The highest BCUT2D eigenvalue weighted by molar-refractivity contribution is 7.92. The lowest BCUT2D eigenvalue weighted by molar-refractivity contribution is 0.430. The van der Waals surface area contributed by atoms with Crippen molar-refractivity contribution in [1.29, 1.82) is 0 Å². The molecule has 0 unspecified atom stereocenters. The van der Waals surface area contributed by atoms with Gasteiger partial charge in [0.05, 0.1) is 16.3 Å². The fraction of sp³-hybridized carbons (Fsp3) is 0.143. The number of aryl methyl sites for hydroxylation is 2. The highest BCUT2D eigenvalue weighted by Crippen LogP contribution is 2.31. The van der Waals surface area contributed by atoms with Crippen molar-refractivity contribution in [2.24, 2.45) is 0 Å². The van der Waals surface area contributed by atoms with Gasteiger partial charge in [0.1, 0.15) is 6.26 Å². The predicted octanol–water partition coefficient (Wildman–Crippen LogP) is 4.72. The number of sulfonamides is 1. The Labute approximate surface area is 168 Å². The first-order valence-corrected chi connectivity index (χ1v) is 10.4. The molecule has 0 spiro atoms. The summed E-state index contributed by atoms with van der Waals surface area (Å²) in [6.45, 7) is 5.35. The van der Waals surface area contributed by atoms with Crippen LogP contribution in [0.4, 0.5) is 5.88 Å². The van der Waals surface area contributed by atoms with Crippen LogP contribution in [0.25, 0.3) is 22.6 Å². The van der Waals surface area contributed by atoms with Crippen molar-refractivity contribution in [3.63, 3.8) is 0 Å². The molecule has 29 heavy (non-hydrogen) atoms. The van der Waals surface area contributed by atoms with E-state index < -0.39 is 10.0 Å². The molecule has 0 saturated carbocycles. The van der Waals surface area contributed by atoms with Gasteiger partial charge in [0.2, 0.25) is 11.8 Å². The van der Waals surface area contributed by atoms with Crippen LogP contribution >= 0.6 is 0 Å². The van der Waals surface area contributed by atoms with Gasteiger partial charge in [-0.2, -0.15) is 0 Å². The maximum Gasteiger partial charge on any atom is 0.264 e. The third-order valence-electron chi connectivity index (χ3n) is 4.62. The number of nitrogens with one attached hydrogen (secondary N) is 1. The molecule has 0 atom stereocenters.